The quantitative estimate of drug-likeness (QED) is 0.339. The average Bonchev–Trinajstić information content (AvgIpc) is 2.86. The highest BCUT2D eigenvalue weighted by atomic mass is 16.1. The number of aryl methyl sites for hydroxylation is 2. The van der Waals surface area contributed by atoms with Crippen LogP contribution < -0.4 is 10.2 Å². The molecule has 3 heteroatoms. The first-order valence-electron chi connectivity index (χ1n) is 11.4. The zero-order valence-corrected chi connectivity index (χ0v) is 19.6. The van der Waals surface area contributed by atoms with E-state index in [1.807, 2.05) is 91.9 Å². The van der Waals surface area contributed by atoms with Crippen molar-refractivity contribution >= 4 is 17.3 Å². The monoisotopic (exact) mass is 444 g/mol. The van der Waals surface area contributed by atoms with Crippen molar-refractivity contribution < 1.29 is 4.79 Å². The summed E-state index contributed by atoms with van der Waals surface area (Å²) in [4.78, 5) is 15.4. The van der Waals surface area contributed by atoms with Gasteiger partial charge in [0.15, 0.2) is 0 Å². The first-order chi connectivity index (χ1) is 16.6. The van der Waals surface area contributed by atoms with Crippen LogP contribution in [0.25, 0.3) is 0 Å². The number of rotatable bonds is 6. The number of amides is 1. The molecule has 0 unspecified atom stereocenters. The summed E-state index contributed by atoms with van der Waals surface area (Å²) in [5.74, 6) is 6.49. The first kappa shape index (κ1) is 22.9. The number of carbonyl (C=O) groups excluding carboxylic acids is 1. The van der Waals surface area contributed by atoms with Crippen molar-refractivity contribution in [3.05, 3.63) is 131 Å². The highest BCUT2D eigenvalue weighted by Gasteiger charge is 2.16. The fraction of sp³-hybridized carbons (Fsp3) is 0.129. The molecule has 4 rings (SSSR count). The minimum Gasteiger partial charge on any atom is -0.355 e. The predicted molar refractivity (Wildman–Crippen MR) is 141 cm³/mol. The third kappa shape index (κ3) is 5.94. The molecule has 4 aromatic rings. The molecular formula is C31H28N2O. The van der Waals surface area contributed by atoms with E-state index in [0.717, 1.165) is 33.6 Å². The van der Waals surface area contributed by atoms with Crippen molar-refractivity contribution in [2.45, 2.75) is 20.4 Å². The zero-order valence-electron chi connectivity index (χ0n) is 19.6. The standard InChI is InChI=1S/C31H28N2O/c1-24-18-20-28(21-19-24)32-31(34)29-16-8-9-17-30(29)33(23-26-12-4-3-5-13-26)22-10-15-27-14-7-6-11-25(27)2/h3-9,11-14,16-21H,22-23H2,1-2H3,(H,32,34). The van der Waals surface area contributed by atoms with Crippen molar-refractivity contribution in [1.82, 2.24) is 0 Å². The number of nitrogens with one attached hydrogen (secondary N) is 1. The van der Waals surface area contributed by atoms with Crippen LogP contribution in [0.2, 0.25) is 0 Å². The summed E-state index contributed by atoms with van der Waals surface area (Å²) in [6.07, 6.45) is 0. The van der Waals surface area contributed by atoms with Crippen molar-refractivity contribution in [1.29, 1.82) is 0 Å². The lowest BCUT2D eigenvalue weighted by molar-refractivity contribution is 0.102. The molecule has 0 aromatic heterocycles. The summed E-state index contributed by atoms with van der Waals surface area (Å²) in [5, 5.41) is 3.03. The molecule has 0 atom stereocenters. The Kier molecular flexibility index (Phi) is 7.42. The summed E-state index contributed by atoms with van der Waals surface area (Å²) in [6, 6.07) is 33.9. The second-order valence-corrected chi connectivity index (χ2v) is 8.30. The second kappa shape index (κ2) is 11.0. The van der Waals surface area contributed by atoms with Gasteiger partial charge in [0.2, 0.25) is 0 Å². The maximum atomic E-state index is 13.2. The van der Waals surface area contributed by atoms with Gasteiger partial charge < -0.3 is 10.2 Å². The van der Waals surface area contributed by atoms with Crippen LogP contribution >= 0.6 is 0 Å². The van der Waals surface area contributed by atoms with Crippen LogP contribution in [0.15, 0.2) is 103 Å². The van der Waals surface area contributed by atoms with Crippen molar-refractivity contribution in [3.63, 3.8) is 0 Å². The lowest BCUT2D eigenvalue weighted by atomic mass is 10.1. The van der Waals surface area contributed by atoms with E-state index in [1.54, 1.807) is 0 Å². The summed E-state index contributed by atoms with van der Waals surface area (Å²) in [5.41, 5.74) is 6.75. The van der Waals surface area contributed by atoms with E-state index in [9.17, 15) is 4.79 Å². The molecule has 0 aliphatic rings. The summed E-state index contributed by atoms with van der Waals surface area (Å²) in [7, 11) is 0. The Morgan fingerprint density at radius 1 is 0.794 bits per heavy atom. The van der Waals surface area contributed by atoms with Crippen molar-refractivity contribution in [3.8, 4) is 11.8 Å². The highest BCUT2D eigenvalue weighted by molar-refractivity contribution is 6.08. The van der Waals surface area contributed by atoms with Gasteiger partial charge >= 0.3 is 0 Å². The van der Waals surface area contributed by atoms with Crippen LogP contribution in [-0.4, -0.2) is 12.5 Å². The van der Waals surface area contributed by atoms with E-state index in [2.05, 4.69) is 47.2 Å². The molecule has 0 saturated heterocycles. The molecule has 1 amide bonds. The largest absolute Gasteiger partial charge is 0.355 e. The van der Waals surface area contributed by atoms with Gasteiger partial charge in [0.1, 0.15) is 0 Å². The molecule has 0 fully saturated rings. The van der Waals surface area contributed by atoms with Gasteiger partial charge in [-0.1, -0.05) is 90.2 Å². The molecule has 0 aliphatic heterocycles. The van der Waals surface area contributed by atoms with Crippen LogP contribution in [0.5, 0.6) is 0 Å². The Hall–Kier alpha value is -4.29. The Labute approximate surface area is 202 Å². The minimum atomic E-state index is -0.135. The zero-order chi connectivity index (χ0) is 23.8. The SMILES string of the molecule is Cc1ccc(NC(=O)c2ccccc2N(CC#Cc2ccccc2C)Cc2ccccc2)cc1. The van der Waals surface area contributed by atoms with Gasteiger partial charge in [-0.15, -0.1) is 0 Å². The topological polar surface area (TPSA) is 32.3 Å². The van der Waals surface area contributed by atoms with Crippen molar-refractivity contribution in [2.24, 2.45) is 0 Å². The molecular weight excluding hydrogens is 416 g/mol. The van der Waals surface area contributed by atoms with E-state index < -0.39 is 0 Å². The fourth-order valence-electron chi connectivity index (χ4n) is 3.75. The number of para-hydroxylation sites is 1. The molecule has 34 heavy (non-hydrogen) atoms. The third-order valence-electron chi connectivity index (χ3n) is 5.65. The van der Waals surface area contributed by atoms with Gasteiger partial charge in [-0.05, 0) is 55.3 Å². The van der Waals surface area contributed by atoms with Crippen LogP contribution in [0.4, 0.5) is 11.4 Å². The number of nitrogens with zero attached hydrogens (tertiary/aromatic N) is 1. The molecule has 0 aliphatic carbocycles. The predicted octanol–water partition coefficient (Wildman–Crippen LogP) is 6.61. The van der Waals surface area contributed by atoms with E-state index in [4.69, 9.17) is 0 Å². The Balaban J connectivity index is 1.64. The number of carbonyl (C=O) groups is 1. The molecule has 168 valence electrons. The van der Waals surface area contributed by atoms with Gasteiger partial charge in [-0.3, -0.25) is 4.79 Å². The van der Waals surface area contributed by atoms with Crippen LogP contribution in [0.1, 0.15) is 32.6 Å². The summed E-state index contributed by atoms with van der Waals surface area (Å²) in [6.45, 7) is 5.24. The van der Waals surface area contributed by atoms with Crippen LogP contribution in [-0.2, 0) is 6.54 Å². The lowest BCUT2D eigenvalue weighted by Crippen LogP contribution is -2.26. The van der Waals surface area contributed by atoms with Gasteiger partial charge in [0.25, 0.3) is 5.91 Å². The smallest absolute Gasteiger partial charge is 0.257 e. The normalized spacial score (nSPS) is 10.2. The van der Waals surface area contributed by atoms with E-state index in [-0.39, 0.29) is 5.91 Å². The molecule has 0 heterocycles. The molecule has 3 nitrogen and oxygen atoms in total. The van der Waals surface area contributed by atoms with Crippen LogP contribution in [0.3, 0.4) is 0 Å². The van der Waals surface area contributed by atoms with Crippen LogP contribution in [0, 0.1) is 25.7 Å². The molecule has 0 radical (unpaired) electrons. The second-order valence-electron chi connectivity index (χ2n) is 8.30. The van der Waals surface area contributed by atoms with E-state index in [0.29, 0.717) is 18.7 Å². The lowest BCUT2D eigenvalue weighted by Gasteiger charge is -2.25. The molecule has 4 aromatic carbocycles. The molecule has 1 N–H and O–H groups in total. The van der Waals surface area contributed by atoms with Gasteiger partial charge in [-0.25, -0.2) is 0 Å². The Bertz CT molecular complexity index is 1310. The first-order valence-corrected chi connectivity index (χ1v) is 11.4. The number of hydrogen-bond donors (Lipinski definition) is 1. The fourth-order valence-corrected chi connectivity index (χ4v) is 3.75. The Morgan fingerprint density at radius 3 is 2.24 bits per heavy atom. The minimum absolute atomic E-state index is 0.135. The van der Waals surface area contributed by atoms with Crippen molar-refractivity contribution in [2.75, 3.05) is 16.8 Å². The number of anilines is 2. The maximum Gasteiger partial charge on any atom is 0.257 e. The van der Waals surface area contributed by atoms with E-state index in [1.165, 1.54) is 0 Å². The molecule has 0 bridgehead atoms. The number of hydrogen-bond acceptors (Lipinski definition) is 2. The molecule has 0 spiro atoms. The summed E-state index contributed by atoms with van der Waals surface area (Å²) < 4.78 is 0. The van der Waals surface area contributed by atoms with Gasteiger partial charge in [0.05, 0.1) is 17.8 Å². The Morgan fingerprint density at radius 2 is 1.47 bits per heavy atom. The van der Waals surface area contributed by atoms with Gasteiger partial charge in [-0.2, -0.15) is 0 Å². The van der Waals surface area contributed by atoms with Gasteiger partial charge in [0, 0.05) is 17.8 Å². The summed E-state index contributed by atoms with van der Waals surface area (Å²) >= 11 is 0. The highest BCUT2D eigenvalue weighted by Crippen LogP contribution is 2.24. The molecule has 0 saturated carbocycles. The average molecular weight is 445 g/mol. The third-order valence-corrected chi connectivity index (χ3v) is 5.65. The number of benzene rings is 4. The van der Waals surface area contributed by atoms with E-state index >= 15 is 0 Å². The maximum absolute atomic E-state index is 13.2.